The number of benzene rings is 1. The van der Waals surface area contributed by atoms with Gasteiger partial charge >= 0.3 is 0 Å². The van der Waals surface area contributed by atoms with E-state index < -0.39 is 0 Å². The summed E-state index contributed by atoms with van der Waals surface area (Å²) in [6.45, 7) is 6.83. The highest BCUT2D eigenvalue weighted by molar-refractivity contribution is 5.15. The van der Waals surface area contributed by atoms with Gasteiger partial charge in [0.25, 0.3) is 0 Å². The van der Waals surface area contributed by atoms with E-state index in [-0.39, 0.29) is 12.6 Å². The molecular formula is C15H25NO. The van der Waals surface area contributed by atoms with Crippen molar-refractivity contribution in [2.24, 2.45) is 5.92 Å². The summed E-state index contributed by atoms with van der Waals surface area (Å²) in [5.74, 6) is 0.688. The lowest BCUT2D eigenvalue weighted by Gasteiger charge is -2.23. The summed E-state index contributed by atoms with van der Waals surface area (Å²) in [4.78, 5) is 0. The van der Waals surface area contributed by atoms with Crippen LogP contribution < -0.4 is 5.32 Å². The summed E-state index contributed by atoms with van der Waals surface area (Å²) >= 11 is 0. The summed E-state index contributed by atoms with van der Waals surface area (Å²) in [5, 5.41) is 12.9. The van der Waals surface area contributed by atoms with Crippen LogP contribution in [0, 0.1) is 5.92 Å². The predicted octanol–water partition coefficient (Wildman–Crippen LogP) is 2.61. The van der Waals surface area contributed by atoms with Gasteiger partial charge in [0.1, 0.15) is 0 Å². The Morgan fingerprint density at radius 3 is 2.29 bits per heavy atom. The number of aliphatic hydroxyl groups is 1. The number of hydrogen-bond donors (Lipinski definition) is 2. The quantitative estimate of drug-likeness (QED) is 0.761. The molecule has 17 heavy (non-hydrogen) atoms. The van der Waals surface area contributed by atoms with E-state index in [1.807, 2.05) is 18.2 Å². The zero-order valence-electron chi connectivity index (χ0n) is 11.2. The van der Waals surface area contributed by atoms with Crippen LogP contribution in [-0.2, 0) is 6.42 Å². The van der Waals surface area contributed by atoms with E-state index in [2.05, 4.69) is 38.2 Å². The molecule has 0 fully saturated rings. The van der Waals surface area contributed by atoms with E-state index in [1.54, 1.807) is 0 Å². The number of rotatable bonds is 7. The summed E-state index contributed by atoms with van der Waals surface area (Å²) < 4.78 is 0. The van der Waals surface area contributed by atoms with Crippen molar-refractivity contribution in [2.75, 3.05) is 6.61 Å². The van der Waals surface area contributed by atoms with Crippen molar-refractivity contribution in [1.29, 1.82) is 0 Å². The van der Waals surface area contributed by atoms with Crippen molar-refractivity contribution in [3.05, 3.63) is 35.9 Å². The Morgan fingerprint density at radius 1 is 1.12 bits per heavy atom. The lowest BCUT2D eigenvalue weighted by atomic mass is 10.0. The molecule has 0 aliphatic rings. The molecule has 96 valence electrons. The van der Waals surface area contributed by atoms with Gasteiger partial charge in [-0.15, -0.1) is 0 Å². The van der Waals surface area contributed by atoms with Crippen LogP contribution >= 0.6 is 0 Å². The Morgan fingerprint density at radius 2 is 1.76 bits per heavy atom. The van der Waals surface area contributed by atoms with E-state index in [9.17, 15) is 5.11 Å². The normalized spacial score (nSPS) is 14.9. The largest absolute Gasteiger partial charge is 0.395 e. The molecule has 0 aromatic heterocycles. The summed E-state index contributed by atoms with van der Waals surface area (Å²) in [6.07, 6.45) is 2.03. The minimum atomic E-state index is 0.158. The fraction of sp³-hybridized carbons (Fsp3) is 0.600. The Bertz CT molecular complexity index is 297. The first-order valence-corrected chi connectivity index (χ1v) is 6.52. The minimum Gasteiger partial charge on any atom is -0.395 e. The van der Waals surface area contributed by atoms with E-state index in [0.717, 1.165) is 12.8 Å². The van der Waals surface area contributed by atoms with E-state index in [1.165, 1.54) is 5.56 Å². The van der Waals surface area contributed by atoms with E-state index in [4.69, 9.17) is 0 Å². The van der Waals surface area contributed by atoms with Gasteiger partial charge in [-0.1, -0.05) is 44.2 Å². The Balaban J connectivity index is 2.43. The minimum absolute atomic E-state index is 0.158. The second-order valence-electron chi connectivity index (χ2n) is 5.27. The molecule has 0 spiro atoms. The predicted molar refractivity (Wildman–Crippen MR) is 73.1 cm³/mol. The van der Waals surface area contributed by atoms with Crippen molar-refractivity contribution in [3.63, 3.8) is 0 Å². The second kappa shape index (κ2) is 7.46. The maximum atomic E-state index is 9.41. The standard InChI is InChI=1S/C15H25NO/c1-12(2)9-13(3)16-15(11-17)10-14-7-5-4-6-8-14/h4-8,12-13,15-17H,9-11H2,1-3H3/t13?,15-/m1/s1. The third-order valence-electron chi connectivity index (χ3n) is 2.89. The van der Waals surface area contributed by atoms with Gasteiger partial charge in [0.15, 0.2) is 0 Å². The molecular weight excluding hydrogens is 210 g/mol. The van der Waals surface area contributed by atoms with Crippen LogP contribution in [0.25, 0.3) is 0 Å². The highest BCUT2D eigenvalue weighted by Crippen LogP contribution is 2.07. The zero-order valence-corrected chi connectivity index (χ0v) is 11.2. The van der Waals surface area contributed by atoms with Crippen LogP contribution in [0.15, 0.2) is 30.3 Å². The monoisotopic (exact) mass is 235 g/mol. The van der Waals surface area contributed by atoms with Crippen LogP contribution in [0.1, 0.15) is 32.8 Å². The van der Waals surface area contributed by atoms with Crippen molar-refractivity contribution >= 4 is 0 Å². The first-order valence-electron chi connectivity index (χ1n) is 6.52. The molecule has 0 aliphatic carbocycles. The first-order chi connectivity index (χ1) is 8.11. The molecule has 0 radical (unpaired) electrons. The molecule has 1 aromatic rings. The Labute approximate surface area is 105 Å². The molecule has 1 aromatic carbocycles. The fourth-order valence-corrected chi connectivity index (χ4v) is 2.25. The molecule has 0 heterocycles. The van der Waals surface area contributed by atoms with Crippen molar-refractivity contribution in [1.82, 2.24) is 5.32 Å². The number of nitrogens with one attached hydrogen (secondary N) is 1. The number of hydrogen-bond acceptors (Lipinski definition) is 2. The smallest absolute Gasteiger partial charge is 0.0587 e. The van der Waals surface area contributed by atoms with Gasteiger partial charge < -0.3 is 10.4 Å². The molecule has 2 heteroatoms. The fourth-order valence-electron chi connectivity index (χ4n) is 2.25. The molecule has 1 unspecified atom stereocenters. The molecule has 0 aliphatic heterocycles. The third-order valence-corrected chi connectivity index (χ3v) is 2.89. The molecule has 2 atom stereocenters. The van der Waals surface area contributed by atoms with E-state index in [0.29, 0.717) is 12.0 Å². The molecule has 2 N–H and O–H groups in total. The average molecular weight is 235 g/mol. The van der Waals surface area contributed by atoms with Crippen molar-refractivity contribution in [3.8, 4) is 0 Å². The SMILES string of the molecule is CC(C)CC(C)N[C@@H](CO)Cc1ccccc1. The summed E-state index contributed by atoms with van der Waals surface area (Å²) in [7, 11) is 0. The molecule has 0 saturated carbocycles. The lowest BCUT2D eigenvalue weighted by molar-refractivity contribution is 0.227. The lowest BCUT2D eigenvalue weighted by Crippen LogP contribution is -2.41. The van der Waals surface area contributed by atoms with Crippen molar-refractivity contribution < 1.29 is 5.11 Å². The average Bonchev–Trinajstić information content (AvgIpc) is 2.28. The summed E-state index contributed by atoms with van der Waals surface area (Å²) in [6, 6.07) is 10.9. The summed E-state index contributed by atoms with van der Waals surface area (Å²) in [5.41, 5.74) is 1.27. The Kier molecular flexibility index (Phi) is 6.23. The molecule has 0 amide bonds. The van der Waals surface area contributed by atoms with Crippen LogP contribution in [0.5, 0.6) is 0 Å². The van der Waals surface area contributed by atoms with Gasteiger partial charge in [-0.2, -0.15) is 0 Å². The van der Waals surface area contributed by atoms with Gasteiger partial charge in [0.2, 0.25) is 0 Å². The van der Waals surface area contributed by atoms with Gasteiger partial charge in [0.05, 0.1) is 6.61 Å². The molecule has 0 bridgehead atoms. The highest BCUT2D eigenvalue weighted by atomic mass is 16.3. The number of aliphatic hydroxyl groups excluding tert-OH is 1. The zero-order chi connectivity index (χ0) is 12.7. The van der Waals surface area contributed by atoms with Gasteiger partial charge in [0, 0.05) is 12.1 Å². The van der Waals surface area contributed by atoms with Crippen LogP contribution in [0.2, 0.25) is 0 Å². The highest BCUT2D eigenvalue weighted by Gasteiger charge is 2.12. The third kappa shape index (κ3) is 5.85. The van der Waals surface area contributed by atoms with Gasteiger partial charge in [-0.3, -0.25) is 0 Å². The van der Waals surface area contributed by atoms with E-state index >= 15 is 0 Å². The van der Waals surface area contributed by atoms with Gasteiger partial charge in [-0.05, 0) is 31.2 Å². The molecule has 2 nitrogen and oxygen atoms in total. The van der Waals surface area contributed by atoms with Crippen molar-refractivity contribution in [2.45, 2.75) is 45.7 Å². The first kappa shape index (κ1) is 14.2. The second-order valence-corrected chi connectivity index (χ2v) is 5.27. The molecule has 1 rings (SSSR count). The Hall–Kier alpha value is -0.860. The maximum absolute atomic E-state index is 9.41. The van der Waals surface area contributed by atoms with Crippen LogP contribution in [-0.4, -0.2) is 23.8 Å². The van der Waals surface area contributed by atoms with Crippen LogP contribution in [0.3, 0.4) is 0 Å². The van der Waals surface area contributed by atoms with Gasteiger partial charge in [-0.25, -0.2) is 0 Å². The maximum Gasteiger partial charge on any atom is 0.0587 e. The topological polar surface area (TPSA) is 32.3 Å². The van der Waals surface area contributed by atoms with Crippen LogP contribution in [0.4, 0.5) is 0 Å². The molecule has 0 saturated heterocycles.